The Morgan fingerprint density at radius 2 is 1.94 bits per heavy atom. The van der Waals surface area contributed by atoms with Crippen LogP contribution in [0.1, 0.15) is 45.4 Å². The Balaban J connectivity index is 2.95. The van der Waals surface area contributed by atoms with E-state index in [0.29, 0.717) is 11.2 Å². The van der Waals surface area contributed by atoms with E-state index in [9.17, 15) is 0 Å². The van der Waals surface area contributed by atoms with Gasteiger partial charge >= 0.3 is 0 Å². The molecule has 2 N–H and O–H groups in total. The van der Waals surface area contributed by atoms with Gasteiger partial charge in [-0.3, -0.25) is 4.68 Å². The van der Waals surface area contributed by atoms with Crippen molar-refractivity contribution >= 4 is 11.8 Å². The summed E-state index contributed by atoms with van der Waals surface area (Å²) in [4.78, 5) is 0. The molecular weight excluding hydrogens is 242 g/mol. The van der Waals surface area contributed by atoms with Crippen LogP contribution >= 0.6 is 11.8 Å². The average Bonchev–Trinajstić information content (AvgIpc) is 2.55. The predicted octanol–water partition coefficient (Wildman–Crippen LogP) is 3.14. The molecule has 0 fully saturated rings. The molecule has 0 spiro atoms. The minimum atomic E-state index is 0.238. The van der Waals surface area contributed by atoms with Gasteiger partial charge in [0.1, 0.15) is 0 Å². The summed E-state index contributed by atoms with van der Waals surface area (Å²) in [7, 11) is 2.03. The van der Waals surface area contributed by atoms with E-state index in [4.69, 9.17) is 5.73 Å². The van der Waals surface area contributed by atoms with Gasteiger partial charge in [0.15, 0.2) is 0 Å². The summed E-state index contributed by atoms with van der Waals surface area (Å²) >= 11 is 1.92. The van der Waals surface area contributed by atoms with Crippen molar-refractivity contribution in [3.63, 3.8) is 0 Å². The number of rotatable bonds is 6. The van der Waals surface area contributed by atoms with E-state index in [1.54, 1.807) is 0 Å². The van der Waals surface area contributed by atoms with Crippen LogP contribution in [-0.4, -0.2) is 21.1 Å². The van der Waals surface area contributed by atoms with Crippen LogP contribution in [0.3, 0.4) is 0 Å². The van der Waals surface area contributed by atoms with E-state index in [2.05, 4.69) is 39.7 Å². The first-order chi connectivity index (χ1) is 8.36. The monoisotopic (exact) mass is 269 g/mol. The topological polar surface area (TPSA) is 43.8 Å². The summed E-state index contributed by atoms with van der Waals surface area (Å²) in [6.07, 6.45) is 1.95. The molecule has 1 heterocycles. The molecule has 0 bridgehead atoms. The largest absolute Gasteiger partial charge is 0.327 e. The lowest BCUT2D eigenvalue weighted by Crippen LogP contribution is -2.22. The normalized spacial score (nSPS) is 15.1. The van der Waals surface area contributed by atoms with Gasteiger partial charge in [0.2, 0.25) is 0 Å². The summed E-state index contributed by atoms with van der Waals surface area (Å²) < 4.78 is 2.01. The summed E-state index contributed by atoms with van der Waals surface area (Å²) in [5, 5.41) is 6.43. The number of thioether (sulfide) groups is 1. The van der Waals surface area contributed by atoms with E-state index in [1.165, 1.54) is 10.6 Å². The highest BCUT2D eigenvalue weighted by Crippen LogP contribution is 2.32. The molecule has 0 radical (unpaired) electrons. The van der Waals surface area contributed by atoms with Crippen molar-refractivity contribution in [1.82, 2.24) is 9.78 Å². The molecule has 1 aromatic rings. The van der Waals surface area contributed by atoms with Crippen molar-refractivity contribution in [2.24, 2.45) is 18.7 Å². The van der Waals surface area contributed by atoms with Crippen LogP contribution in [0.2, 0.25) is 0 Å². The smallest absolute Gasteiger partial charge is 0.0974 e. The zero-order chi connectivity index (χ0) is 13.9. The summed E-state index contributed by atoms with van der Waals surface area (Å²) in [6, 6.07) is 0.238. The van der Waals surface area contributed by atoms with Crippen molar-refractivity contribution in [2.75, 3.05) is 0 Å². The van der Waals surface area contributed by atoms with E-state index in [1.807, 2.05) is 23.5 Å². The fourth-order valence-electron chi connectivity index (χ4n) is 1.78. The lowest BCUT2D eigenvalue weighted by Gasteiger charge is -2.17. The Bertz CT molecular complexity index is 385. The quantitative estimate of drug-likeness (QED) is 0.807. The van der Waals surface area contributed by atoms with Crippen molar-refractivity contribution in [3.8, 4) is 0 Å². The van der Waals surface area contributed by atoms with Crippen molar-refractivity contribution < 1.29 is 0 Å². The zero-order valence-corrected chi connectivity index (χ0v) is 13.3. The van der Waals surface area contributed by atoms with E-state index in [-0.39, 0.29) is 6.04 Å². The SMILES string of the molecule is CCC(N)Cc1c(C)nn(C)c1SC(C)C(C)C. The molecule has 18 heavy (non-hydrogen) atoms. The summed E-state index contributed by atoms with van der Waals surface area (Å²) in [6.45, 7) is 11.0. The molecule has 3 nitrogen and oxygen atoms in total. The van der Waals surface area contributed by atoms with Crippen LogP contribution in [0.15, 0.2) is 5.03 Å². The Kier molecular flexibility index (Phi) is 5.73. The second-order valence-electron chi connectivity index (χ2n) is 5.43. The summed E-state index contributed by atoms with van der Waals surface area (Å²) in [5.41, 5.74) is 8.56. The first-order valence-corrected chi connectivity index (χ1v) is 7.69. The lowest BCUT2D eigenvalue weighted by atomic mass is 10.1. The average molecular weight is 269 g/mol. The summed E-state index contributed by atoms with van der Waals surface area (Å²) in [5.74, 6) is 0.665. The van der Waals surface area contributed by atoms with Gasteiger partial charge in [0, 0.05) is 23.9 Å². The van der Waals surface area contributed by atoms with Gasteiger partial charge in [-0.15, -0.1) is 11.8 Å². The van der Waals surface area contributed by atoms with Gasteiger partial charge in [-0.2, -0.15) is 5.10 Å². The van der Waals surface area contributed by atoms with Gasteiger partial charge < -0.3 is 5.73 Å². The molecule has 1 aromatic heterocycles. The maximum atomic E-state index is 6.10. The molecular formula is C14H27N3S. The van der Waals surface area contributed by atoms with Crippen molar-refractivity contribution in [2.45, 2.75) is 63.8 Å². The predicted molar refractivity (Wildman–Crippen MR) is 80.1 cm³/mol. The third kappa shape index (κ3) is 3.75. The number of aromatic nitrogens is 2. The van der Waals surface area contributed by atoms with Crippen LogP contribution in [0.4, 0.5) is 0 Å². The Hall–Kier alpha value is -0.480. The number of nitrogens with two attached hydrogens (primary N) is 1. The maximum Gasteiger partial charge on any atom is 0.0974 e. The number of aryl methyl sites for hydroxylation is 2. The van der Waals surface area contributed by atoms with E-state index >= 15 is 0 Å². The fraction of sp³-hybridized carbons (Fsp3) is 0.786. The maximum absolute atomic E-state index is 6.10. The Morgan fingerprint density at radius 1 is 1.33 bits per heavy atom. The van der Waals surface area contributed by atoms with Crippen LogP contribution < -0.4 is 5.73 Å². The second kappa shape index (κ2) is 6.62. The molecule has 0 aliphatic rings. The Morgan fingerprint density at radius 3 is 2.44 bits per heavy atom. The molecule has 0 amide bonds. The van der Waals surface area contributed by atoms with Gasteiger partial charge in [-0.05, 0) is 25.7 Å². The first-order valence-electron chi connectivity index (χ1n) is 6.81. The molecule has 0 aliphatic carbocycles. The molecule has 0 saturated carbocycles. The van der Waals surface area contributed by atoms with E-state index in [0.717, 1.165) is 18.5 Å². The van der Waals surface area contributed by atoms with Gasteiger partial charge in [-0.25, -0.2) is 0 Å². The standard InChI is InChI=1S/C14H27N3S/c1-7-12(15)8-13-10(4)16-17(6)14(13)18-11(5)9(2)3/h9,11-12H,7-8,15H2,1-6H3. The van der Waals surface area contributed by atoms with Gasteiger partial charge in [0.05, 0.1) is 10.7 Å². The van der Waals surface area contributed by atoms with Gasteiger partial charge in [0.25, 0.3) is 0 Å². The van der Waals surface area contributed by atoms with Crippen LogP contribution in [0.5, 0.6) is 0 Å². The molecule has 0 saturated heterocycles. The third-order valence-corrected chi connectivity index (χ3v) is 5.17. The lowest BCUT2D eigenvalue weighted by molar-refractivity contribution is 0.621. The van der Waals surface area contributed by atoms with Crippen LogP contribution in [0.25, 0.3) is 0 Å². The van der Waals surface area contributed by atoms with E-state index < -0.39 is 0 Å². The number of nitrogens with zero attached hydrogens (tertiary/aromatic N) is 2. The molecule has 2 atom stereocenters. The second-order valence-corrected chi connectivity index (χ2v) is 6.80. The minimum Gasteiger partial charge on any atom is -0.327 e. The zero-order valence-electron chi connectivity index (χ0n) is 12.5. The molecule has 104 valence electrons. The first kappa shape index (κ1) is 15.6. The molecule has 0 aromatic carbocycles. The molecule has 1 rings (SSSR count). The number of hydrogen-bond donors (Lipinski definition) is 1. The molecule has 4 heteroatoms. The minimum absolute atomic E-state index is 0.238. The number of hydrogen-bond acceptors (Lipinski definition) is 3. The molecule has 0 aliphatic heterocycles. The van der Waals surface area contributed by atoms with Gasteiger partial charge in [-0.1, -0.05) is 27.7 Å². The Labute approximate surface area is 116 Å². The highest BCUT2D eigenvalue weighted by atomic mass is 32.2. The fourth-order valence-corrected chi connectivity index (χ4v) is 2.97. The van der Waals surface area contributed by atoms with Crippen molar-refractivity contribution in [3.05, 3.63) is 11.3 Å². The highest BCUT2D eigenvalue weighted by molar-refractivity contribution is 7.99. The highest BCUT2D eigenvalue weighted by Gasteiger charge is 2.19. The van der Waals surface area contributed by atoms with Crippen LogP contribution in [0, 0.1) is 12.8 Å². The third-order valence-electron chi connectivity index (χ3n) is 3.52. The van der Waals surface area contributed by atoms with Crippen molar-refractivity contribution in [1.29, 1.82) is 0 Å². The molecule has 2 unspecified atom stereocenters. The van der Waals surface area contributed by atoms with Crippen LogP contribution in [-0.2, 0) is 13.5 Å².